The Morgan fingerprint density at radius 2 is 1.45 bits per heavy atom. The van der Waals surface area contributed by atoms with E-state index in [1.807, 2.05) is 6.26 Å². The summed E-state index contributed by atoms with van der Waals surface area (Å²) in [5, 5.41) is 16.9. The van der Waals surface area contributed by atoms with Crippen LogP contribution in [0.1, 0.15) is 46.0 Å². The molecular weight excluding hydrogens is 452 g/mol. The second kappa shape index (κ2) is 16.3. The molecule has 0 saturated heterocycles. The highest BCUT2D eigenvalue weighted by molar-refractivity contribution is 7.98. The summed E-state index contributed by atoms with van der Waals surface area (Å²) in [5.41, 5.74) is 16.2. The summed E-state index contributed by atoms with van der Waals surface area (Å²) in [6, 6.07) is -4.35. The fourth-order valence-electron chi connectivity index (χ4n) is 2.89. The molecule has 0 radical (unpaired) electrons. The van der Waals surface area contributed by atoms with Crippen molar-refractivity contribution in [3.63, 3.8) is 0 Å². The number of hydrogen-bond donors (Lipinski definition) is 7. The van der Waals surface area contributed by atoms with E-state index in [2.05, 4.69) is 16.0 Å². The zero-order valence-electron chi connectivity index (χ0n) is 19.5. The largest absolute Gasteiger partial charge is 0.480 e. The van der Waals surface area contributed by atoms with Crippen LogP contribution in [0, 0.1) is 5.92 Å². The number of carbonyl (C=O) groups excluding carboxylic acids is 4. The van der Waals surface area contributed by atoms with E-state index in [-0.39, 0.29) is 25.2 Å². The minimum Gasteiger partial charge on any atom is -0.480 e. The molecule has 0 aromatic rings. The van der Waals surface area contributed by atoms with Gasteiger partial charge in [-0.15, -0.1) is 0 Å². The number of rotatable bonds is 17. The van der Waals surface area contributed by atoms with Crippen molar-refractivity contribution in [3.05, 3.63) is 0 Å². The maximum Gasteiger partial charge on any atom is 0.326 e. The second-order valence-electron chi connectivity index (χ2n) is 8.03. The number of hydrogen-bond acceptors (Lipinski definition) is 8. The van der Waals surface area contributed by atoms with Crippen molar-refractivity contribution in [1.29, 1.82) is 0 Å². The molecule has 33 heavy (non-hydrogen) atoms. The molecule has 10 N–H and O–H groups in total. The van der Waals surface area contributed by atoms with Gasteiger partial charge in [0, 0.05) is 0 Å². The number of carbonyl (C=O) groups is 5. The molecule has 190 valence electrons. The number of aliphatic carboxylic acids is 1. The Morgan fingerprint density at radius 1 is 0.909 bits per heavy atom. The lowest BCUT2D eigenvalue weighted by molar-refractivity contribution is -0.143. The smallest absolute Gasteiger partial charge is 0.326 e. The molecule has 0 aliphatic carbocycles. The van der Waals surface area contributed by atoms with Gasteiger partial charge in [0.05, 0.1) is 12.5 Å². The highest BCUT2D eigenvalue weighted by Crippen LogP contribution is 2.08. The van der Waals surface area contributed by atoms with Crippen LogP contribution in [0.25, 0.3) is 0 Å². The van der Waals surface area contributed by atoms with Crippen LogP contribution in [0.3, 0.4) is 0 Å². The normalized spacial score (nSPS) is 14.6. The Bertz CT molecular complexity index is 677. The van der Waals surface area contributed by atoms with Gasteiger partial charge in [-0.3, -0.25) is 19.2 Å². The van der Waals surface area contributed by atoms with Crippen molar-refractivity contribution in [2.24, 2.45) is 23.1 Å². The summed E-state index contributed by atoms with van der Waals surface area (Å²) in [4.78, 5) is 60.5. The van der Waals surface area contributed by atoms with Crippen LogP contribution in [0.4, 0.5) is 0 Å². The topological polar surface area (TPSA) is 220 Å². The van der Waals surface area contributed by atoms with Crippen molar-refractivity contribution in [2.45, 2.75) is 70.1 Å². The van der Waals surface area contributed by atoms with Gasteiger partial charge in [0.1, 0.15) is 18.1 Å². The van der Waals surface area contributed by atoms with Gasteiger partial charge in [-0.05, 0) is 50.2 Å². The molecule has 0 heterocycles. The molecule has 0 aromatic heterocycles. The first kappa shape index (κ1) is 30.6. The molecular formula is C20H38N6O6S. The summed E-state index contributed by atoms with van der Waals surface area (Å²) >= 11 is 1.46. The van der Waals surface area contributed by atoms with Gasteiger partial charge in [-0.2, -0.15) is 11.8 Å². The van der Waals surface area contributed by atoms with Crippen molar-refractivity contribution < 1.29 is 29.1 Å². The molecule has 0 spiro atoms. The van der Waals surface area contributed by atoms with Crippen molar-refractivity contribution in [2.75, 3.05) is 18.6 Å². The predicted molar refractivity (Wildman–Crippen MR) is 126 cm³/mol. The summed E-state index contributed by atoms with van der Waals surface area (Å²) < 4.78 is 0. The fourth-order valence-corrected chi connectivity index (χ4v) is 3.37. The van der Waals surface area contributed by atoms with Crippen LogP contribution >= 0.6 is 11.8 Å². The quantitative estimate of drug-likeness (QED) is 0.115. The molecule has 0 saturated carbocycles. The zero-order chi connectivity index (χ0) is 25.6. The summed E-state index contributed by atoms with van der Waals surface area (Å²) in [6.45, 7) is 3.71. The highest BCUT2D eigenvalue weighted by Gasteiger charge is 2.31. The summed E-state index contributed by atoms with van der Waals surface area (Å²) in [7, 11) is 0. The second-order valence-corrected chi connectivity index (χ2v) is 9.02. The molecule has 4 unspecified atom stereocenters. The predicted octanol–water partition coefficient (Wildman–Crippen LogP) is -1.73. The molecule has 4 atom stereocenters. The van der Waals surface area contributed by atoms with E-state index in [1.165, 1.54) is 11.8 Å². The van der Waals surface area contributed by atoms with E-state index >= 15 is 0 Å². The van der Waals surface area contributed by atoms with Gasteiger partial charge in [0.15, 0.2) is 0 Å². The van der Waals surface area contributed by atoms with Gasteiger partial charge in [0.25, 0.3) is 0 Å². The van der Waals surface area contributed by atoms with Crippen molar-refractivity contribution >= 4 is 41.4 Å². The molecule has 0 aliphatic rings. The highest BCUT2D eigenvalue weighted by atomic mass is 32.2. The van der Waals surface area contributed by atoms with E-state index in [0.717, 1.165) is 0 Å². The van der Waals surface area contributed by atoms with Crippen LogP contribution in [-0.4, -0.2) is 77.4 Å². The van der Waals surface area contributed by atoms with Crippen LogP contribution in [-0.2, 0) is 24.0 Å². The average molecular weight is 491 g/mol. The zero-order valence-corrected chi connectivity index (χ0v) is 20.3. The van der Waals surface area contributed by atoms with Crippen molar-refractivity contribution in [3.8, 4) is 0 Å². The summed E-state index contributed by atoms with van der Waals surface area (Å²) in [5.74, 6) is -3.74. The lowest BCUT2D eigenvalue weighted by Crippen LogP contribution is -2.57. The van der Waals surface area contributed by atoms with E-state index < -0.39 is 53.8 Å². The van der Waals surface area contributed by atoms with Crippen LogP contribution < -0.4 is 33.2 Å². The fraction of sp³-hybridized carbons (Fsp3) is 0.750. The molecule has 0 rings (SSSR count). The Kier molecular flexibility index (Phi) is 15.1. The Morgan fingerprint density at radius 3 is 1.94 bits per heavy atom. The Hall–Kier alpha value is -2.38. The van der Waals surface area contributed by atoms with Gasteiger partial charge in [-0.25, -0.2) is 4.79 Å². The van der Waals surface area contributed by atoms with Gasteiger partial charge < -0.3 is 38.3 Å². The van der Waals surface area contributed by atoms with E-state index in [1.54, 1.807) is 13.8 Å². The maximum atomic E-state index is 12.9. The molecule has 13 heteroatoms. The third kappa shape index (κ3) is 12.4. The van der Waals surface area contributed by atoms with Crippen LogP contribution in [0.2, 0.25) is 0 Å². The standard InChI is InChI=1S/C20H38N6O6S/c1-11(2)16(20(31)32)26-19(30)13(6-4-5-8-21)25-18(29)14(7-9-33-3)24-17(28)12(22)10-15(23)27/h11-14,16H,4-10,21-22H2,1-3H3,(H2,23,27)(H,24,28)(H,25,29)(H,26,30)(H,31,32). The first-order valence-electron chi connectivity index (χ1n) is 10.8. The van der Waals surface area contributed by atoms with Gasteiger partial charge >= 0.3 is 5.97 Å². The minimum atomic E-state index is -1.21. The average Bonchev–Trinajstić information content (AvgIpc) is 2.72. The van der Waals surface area contributed by atoms with Gasteiger partial charge in [-0.1, -0.05) is 13.8 Å². The molecule has 0 aliphatic heterocycles. The number of nitrogens with two attached hydrogens (primary N) is 3. The Labute approximate surface area is 198 Å². The number of amides is 4. The monoisotopic (exact) mass is 490 g/mol. The number of thioether (sulfide) groups is 1. The third-order valence-electron chi connectivity index (χ3n) is 4.81. The lowest BCUT2D eigenvalue weighted by Gasteiger charge is -2.26. The first-order chi connectivity index (χ1) is 15.4. The molecule has 0 aromatic carbocycles. The SMILES string of the molecule is CSCCC(NC(=O)C(N)CC(N)=O)C(=O)NC(CCCCN)C(=O)NC(C(=O)O)C(C)C. The number of carboxylic acid groups (broad SMARTS) is 1. The van der Waals surface area contributed by atoms with Crippen LogP contribution in [0.15, 0.2) is 0 Å². The molecule has 0 bridgehead atoms. The number of unbranched alkanes of at least 4 members (excludes halogenated alkanes) is 1. The third-order valence-corrected chi connectivity index (χ3v) is 5.46. The minimum absolute atomic E-state index is 0.240. The van der Waals surface area contributed by atoms with E-state index in [9.17, 15) is 29.1 Å². The summed E-state index contributed by atoms with van der Waals surface area (Å²) in [6.07, 6.45) is 3.09. The van der Waals surface area contributed by atoms with Crippen LogP contribution in [0.5, 0.6) is 0 Å². The molecule has 0 fully saturated rings. The number of nitrogens with one attached hydrogen (secondary N) is 3. The van der Waals surface area contributed by atoms with Gasteiger partial charge in [0.2, 0.25) is 23.6 Å². The van der Waals surface area contributed by atoms with E-state index in [4.69, 9.17) is 17.2 Å². The van der Waals surface area contributed by atoms with Crippen molar-refractivity contribution in [1.82, 2.24) is 16.0 Å². The lowest BCUT2D eigenvalue weighted by atomic mass is 10.0. The number of carboxylic acids is 1. The van der Waals surface area contributed by atoms with E-state index in [0.29, 0.717) is 25.1 Å². The maximum absolute atomic E-state index is 12.9. The molecule has 4 amide bonds. The first-order valence-corrected chi connectivity index (χ1v) is 12.2. The Balaban J connectivity index is 5.46. The molecule has 12 nitrogen and oxygen atoms in total. The number of primary amides is 1.